The highest BCUT2D eigenvalue weighted by molar-refractivity contribution is 5.97. The lowest BCUT2D eigenvalue weighted by Crippen LogP contribution is -2.51. The van der Waals surface area contributed by atoms with E-state index in [1.165, 1.54) is 0 Å². The molecular formula is C22H28N2O3. The molecule has 0 saturated carbocycles. The van der Waals surface area contributed by atoms with Gasteiger partial charge in [-0.1, -0.05) is 42.0 Å². The van der Waals surface area contributed by atoms with Gasteiger partial charge in [0.1, 0.15) is 5.75 Å². The van der Waals surface area contributed by atoms with Crippen LogP contribution < -0.4 is 4.74 Å². The molecule has 144 valence electrons. The topological polar surface area (TPSA) is 42.0 Å². The molecule has 5 heteroatoms. The van der Waals surface area contributed by atoms with Gasteiger partial charge < -0.3 is 19.3 Å². The number of amides is 1. The SMILES string of the molecule is COc1ccc(C)cc1C(=O)N1CCO[C@@H](CN(C)C)[C@@H]1c1ccccc1. The first kappa shape index (κ1) is 19.4. The van der Waals surface area contributed by atoms with Gasteiger partial charge in [-0.15, -0.1) is 0 Å². The van der Waals surface area contributed by atoms with Crippen molar-refractivity contribution in [2.24, 2.45) is 0 Å². The van der Waals surface area contributed by atoms with Crippen LogP contribution in [-0.4, -0.2) is 62.7 Å². The van der Waals surface area contributed by atoms with E-state index >= 15 is 0 Å². The van der Waals surface area contributed by atoms with Crippen LogP contribution in [0.5, 0.6) is 5.75 Å². The first-order chi connectivity index (χ1) is 13.0. The molecule has 1 heterocycles. The van der Waals surface area contributed by atoms with Gasteiger partial charge in [0.25, 0.3) is 5.91 Å². The van der Waals surface area contributed by atoms with Gasteiger partial charge in [-0.3, -0.25) is 4.79 Å². The van der Waals surface area contributed by atoms with E-state index in [1.807, 2.05) is 62.3 Å². The lowest BCUT2D eigenvalue weighted by molar-refractivity contribution is -0.0685. The highest BCUT2D eigenvalue weighted by Gasteiger charge is 2.37. The van der Waals surface area contributed by atoms with Crippen molar-refractivity contribution in [3.8, 4) is 5.75 Å². The van der Waals surface area contributed by atoms with Crippen LogP contribution >= 0.6 is 0 Å². The number of hydrogen-bond donors (Lipinski definition) is 0. The van der Waals surface area contributed by atoms with Crippen LogP contribution in [0.4, 0.5) is 0 Å². The zero-order valence-corrected chi connectivity index (χ0v) is 16.5. The molecule has 0 aliphatic carbocycles. The van der Waals surface area contributed by atoms with Crippen LogP contribution in [0.2, 0.25) is 0 Å². The third kappa shape index (κ3) is 4.31. The van der Waals surface area contributed by atoms with Gasteiger partial charge in [0.2, 0.25) is 0 Å². The maximum absolute atomic E-state index is 13.5. The molecule has 2 atom stereocenters. The fraction of sp³-hybridized carbons (Fsp3) is 0.409. The third-order valence-electron chi connectivity index (χ3n) is 4.88. The average molecular weight is 368 g/mol. The average Bonchev–Trinajstić information content (AvgIpc) is 2.67. The second-order valence-corrected chi connectivity index (χ2v) is 7.23. The number of morpholine rings is 1. The van der Waals surface area contributed by atoms with Crippen LogP contribution in [-0.2, 0) is 4.74 Å². The molecule has 0 unspecified atom stereocenters. The summed E-state index contributed by atoms with van der Waals surface area (Å²) in [4.78, 5) is 17.6. The number of carbonyl (C=O) groups is 1. The van der Waals surface area contributed by atoms with Gasteiger partial charge in [0, 0.05) is 13.1 Å². The number of aryl methyl sites for hydroxylation is 1. The quantitative estimate of drug-likeness (QED) is 0.813. The summed E-state index contributed by atoms with van der Waals surface area (Å²) < 4.78 is 11.5. The molecule has 0 spiro atoms. The molecule has 0 bridgehead atoms. The summed E-state index contributed by atoms with van der Waals surface area (Å²) in [5.74, 6) is 0.588. The predicted molar refractivity (Wildman–Crippen MR) is 106 cm³/mol. The number of nitrogens with zero attached hydrogens (tertiary/aromatic N) is 2. The van der Waals surface area contributed by atoms with Gasteiger partial charge in [0.05, 0.1) is 31.4 Å². The monoisotopic (exact) mass is 368 g/mol. The van der Waals surface area contributed by atoms with Gasteiger partial charge >= 0.3 is 0 Å². The van der Waals surface area contributed by atoms with Crippen molar-refractivity contribution in [1.82, 2.24) is 9.80 Å². The van der Waals surface area contributed by atoms with E-state index in [2.05, 4.69) is 17.0 Å². The summed E-state index contributed by atoms with van der Waals surface area (Å²) in [6.45, 7) is 3.81. The van der Waals surface area contributed by atoms with Crippen molar-refractivity contribution in [3.63, 3.8) is 0 Å². The lowest BCUT2D eigenvalue weighted by Gasteiger charge is -2.42. The fourth-order valence-electron chi connectivity index (χ4n) is 3.66. The van der Waals surface area contributed by atoms with Crippen LogP contribution in [0, 0.1) is 6.92 Å². The van der Waals surface area contributed by atoms with Crippen LogP contribution in [0.25, 0.3) is 0 Å². The minimum atomic E-state index is -0.139. The van der Waals surface area contributed by atoms with Crippen molar-refractivity contribution in [2.75, 3.05) is 40.9 Å². The van der Waals surface area contributed by atoms with Crippen molar-refractivity contribution < 1.29 is 14.3 Å². The molecule has 1 aliphatic rings. The minimum Gasteiger partial charge on any atom is -0.496 e. The summed E-state index contributed by atoms with van der Waals surface area (Å²) >= 11 is 0. The molecule has 1 amide bonds. The number of hydrogen-bond acceptors (Lipinski definition) is 4. The molecule has 2 aromatic rings. The van der Waals surface area contributed by atoms with Gasteiger partial charge in [-0.25, -0.2) is 0 Å². The molecule has 1 fully saturated rings. The highest BCUT2D eigenvalue weighted by Crippen LogP contribution is 2.33. The summed E-state index contributed by atoms with van der Waals surface area (Å²) in [5, 5.41) is 0. The van der Waals surface area contributed by atoms with Gasteiger partial charge in [0.15, 0.2) is 0 Å². The Kier molecular flexibility index (Phi) is 6.14. The zero-order valence-electron chi connectivity index (χ0n) is 16.5. The number of carbonyl (C=O) groups excluding carboxylic acids is 1. The first-order valence-electron chi connectivity index (χ1n) is 9.28. The normalized spacial score (nSPS) is 20.0. The Labute approximate surface area is 161 Å². The van der Waals surface area contributed by atoms with E-state index in [0.29, 0.717) is 24.5 Å². The summed E-state index contributed by atoms with van der Waals surface area (Å²) in [7, 11) is 5.65. The lowest BCUT2D eigenvalue weighted by atomic mass is 9.96. The Morgan fingerprint density at radius 3 is 2.63 bits per heavy atom. The van der Waals surface area contributed by atoms with Crippen LogP contribution in [0.1, 0.15) is 27.5 Å². The van der Waals surface area contributed by atoms with Gasteiger partial charge in [-0.05, 0) is 38.7 Å². The smallest absolute Gasteiger partial charge is 0.258 e. The summed E-state index contributed by atoms with van der Waals surface area (Å²) in [6, 6.07) is 15.7. The van der Waals surface area contributed by atoms with Gasteiger partial charge in [-0.2, -0.15) is 0 Å². The number of methoxy groups -OCH3 is 1. The molecule has 3 rings (SSSR count). The van der Waals surface area contributed by atoms with Crippen molar-refractivity contribution in [1.29, 1.82) is 0 Å². The van der Waals surface area contributed by atoms with Crippen LogP contribution in [0.3, 0.4) is 0 Å². The largest absolute Gasteiger partial charge is 0.496 e. The second kappa shape index (κ2) is 8.55. The standard InChI is InChI=1S/C22H28N2O3/c1-16-10-11-19(26-4)18(14-16)22(25)24-12-13-27-20(15-23(2)3)21(24)17-8-6-5-7-9-17/h5-11,14,20-21H,12-13,15H2,1-4H3/t20-,21-/m0/s1. The molecule has 27 heavy (non-hydrogen) atoms. The molecule has 0 N–H and O–H groups in total. The van der Waals surface area contributed by atoms with Crippen molar-refractivity contribution in [2.45, 2.75) is 19.1 Å². The van der Waals surface area contributed by atoms with E-state index in [0.717, 1.165) is 17.7 Å². The number of rotatable bonds is 5. The molecule has 2 aromatic carbocycles. The first-order valence-corrected chi connectivity index (χ1v) is 9.28. The summed E-state index contributed by atoms with van der Waals surface area (Å²) in [6.07, 6.45) is -0.0871. The predicted octanol–water partition coefficient (Wildman–Crippen LogP) is 3.15. The molecule has 1 aliphatic heterocycles. The van der Waals surface area contributed by atoms with Crippen LogP contribution in [0.15, 0.2) is 48.5 Å². The second-order valence-electron chi connectivity index (χ2n) is 7.23. The summed E-state index contributed by atoms with van der Waals surface area (Å²) in [5.41, 5.74) is 2.72. The van der Waals surface area contributed by atoms with Crippen molar-refractivity contribution in [3.05, 3.63) is 65.2 Å². The Bertz CT molecular complexity index is 776. The fourth-order valence-corrected chi connectivity index (χ4v) is 3.66. The van der Waals surface area contributed by atoms with Crippen molar-refractivity contribution >= 4 is 5.91 Å². The number of benzene rings is 2. The maximum Gasteiger partial charge on any atom is 0.258 e. The molecule has 0 radical (unpaired) electrons. The molecule has 0 aromatic heterocycles. The highest BCUT2D eigenvalue weighted by atomic mass is 16.5. The third-order valence-corrected chi connectivity index (χ3v) is 4.88. The molecular weight excluding hydrogens is 340 g/mol. The number of ether oxygens (including phenoxy) is 2. The van der Waals surface area contributed by atoms with E-state index in [9.17, 15) is 4.79 Å². The molecule has 1 saturated heterocycles. The van der Waals surface area contributed by atoms with E-state index in [1.54, 1.807) is 7.11 Å². The Balaban J connectivity index is 2.00. The Hall–Kier alpha value is -2.37. The van der Waals surface area contributed by atoms with E-state index in [4.69, 9.17) is 9.47 Å². The number of likely N-dealkylation sites (N-methyl/N-ethyl adjacent to an activating group) is 1. The molecule has 5 nitrogen and oxygen atoms in total. The minimum absolute atomic E-state index is 0.0172. The van der Waals surface area contributed by atoms with E-state index < -0.39 is 0 Å². The Morgan fingerprint density at radius 2 is 1.96 bits per heavy atom. The maximum atomic E-state index is 13.5. The van der Waals surface area contributed by atoms with E-state index in [-0.39, 0.29) is 18.1 Å². The zero-order chi connectivity index (χ0) is 19.4. The Morgan fingerprint density at radius 1 is 1.22 bits per heavy atom.